The number of anilines is 1. The highest BCUT2D eigenvalue weighted by atomic mass is 16.5. The van der Waals surface area contributed by atoms with Crippen LogP contribution < -0.4 is 10.1 Å². The Morgan fingerprint density at radius 2 is 1.86 bits per heavy atom. The summed E-state index contributed by atoms with van der Waals surface area (Å²) in [5, 5.41) is 2.87. The van der Waals surface area contributed by atoms with Crippen LogP contribution in [0.25, 0.3) is 6.08 Å². The highest BCUT2D eigenvalue weighted by Gasteiger charge is 2.11. The van der Waals surface area contributed by atoms with Gasteiger partial charge >= 0.3 is 0 Å². The molecule has 28 heavy (non-hydrogen) atoms. The molecule has 0 saturated carbocycles. The van der Waals surface area contributed by atoms with Gasteiger partial charge in [-0.15, -0.1) is 0 Å². The maximum Gasteiger partial charge on any atom is 0.246 e. The molecule has 0 unspecified atom stereocenters. The predicted octanol–water partition coefficient (Wildman–Crippen LogP) is 3.92. The fourth-order valence-corrected chi connectivity index (χ4v) is 2.56. The third kappa shape index (κ3) is 6.43. The highest BCUT2D eigenvalue weighted by molar-refractivity contribution is 5.98. The van der Waals surface area contributed by atoms with E-state index in [0.717, 1.165) is 29.0 Å². The lowest BCUT2D eigenvalue weighted by Crippen LogP contribution is -2.34. The number of para-hydroxylation sites is 1. The van der Waals surface area contributed by atoms with Gasteiger partial charge in [-0.2, -0.15) is 0 Å². The lowest BCUT2D eigenvalue weighted by Gasteiger charge is -2.16. The molecule has 0 saturated heterocycles. The third-order valence-electron chi connectivity index (χ3n) is 4.10. The summed E-state index contributed by atoms with van der Waals surface area (Å²) in [6.45, 7) is 6.06. The Balaban J connectivity index is 1.88. The molecular weight excluding hydrogens is 352 g/mol. The van der Waals surface area contributed by atoms with Crippen LogP contribution >= 0.6 is 0 Å². The molecule has 0 spiro atoms. The minimum Gasteiger partial charge on any atom is -0.490 e. The number of ether oxygens (including phenoxy) is 1. The van der Waals surface area contributed by atoms with Crippen LogP contribution in [0.1, 0.15) is 18.1 Å². The molecule has 146 valence electrons. The Bertz CT molecular complexity index is 841. The Morgan fingerprint density at radius 1 is 1.14 bits per heavy atom. The third-order valence-corrected chi connectivity index (χ3v) is 4.10. The number of carbonyl (C=O) groups excluding carboxylic acids is 2. The summed E-state index contributed by atoms with van der Waals surface area (Å²) in [5.41, 5.74) is 2.71. The first-order valence-corrected chi connectivity index (χ1v) is 9.18. The van der Waals surface area contributed by atoms with Crippen LogP contribution in [0, 0.1) is 0 Å². The van der Waals surface area contributed by atoms with Crippen molar-refractivity contribution in [3.8, 4) is 5.75 Å². The van der Waals surface area contributed by atoms with Crippen molar-refractivity contribution in [2.45, 2.75) is 13.3 Å². The molecule has 0 radical (unpaired) electrons. The second-order valence-corrected chi connectivity index (χ2v) is 6.26. The van der Waals surface area contributed by atoms with Gasteiger partial charge in [0.2, 0.25) is 11.8 Å². The molecule has 0 bridgehead atoms. The van der Waals surface area contributed by atoms with E-state index in [4.69, 9.17) is 4.74 Å². The van der Waals surface area contributed by atoms with Gasteiger partial charge in [-0.05, 0) is 41.8 Å². The van der Waals surface area contributed by atoms with Crippen molar-refractivity contribution in [1.29, 1.82) is 0 Å². The number of nitrogens with zero attached hydrogens (tertiary/aromatic N) is 1. The Morgan fingerprint density at radius 3 is 2.54 bits per heavy atom. The summed E-state index contributed by atoms with van der Waals surface area (Å²) in [4.78, 5) is 25.9. The molecule has 1 N–H and O–H groups in total. The summed E-state index contributed by atoms with van der Waals surface area (Å²) in [6.07, 6.45) is 5.66. The van der Waals surface area contributed by atoms with Gasteiger partial charge in [0.1, 0.15) is 12.4 Å². The van der Waals surface area contributed by atoms with Gasteiger partial charge in [0.05, 0.1) is 6.54 Å². The maximum atomic E-state index is 12.3. The second-order valence-electron chi connectivity index (χ2n) is 6.26. The van der Waals surface area contributed by atoms with E-state index < -0.39 is 0 Å². The first-order chi connectivity index (χ1) is 13.5. The number of hydrogen-bond acceptors (Lipinski definition) is 3. The maximum absolute atomic E-state index is 12.3. The Kier molecular flexibility index (Phi) is 8.03. The van der Waals surface area contributed by atoms with Crippen LogP contribution in [0.4, 0.5) is 5.69 Å². The van der Waals surface area contributed by atoms with Crippen LogP contribution in [0.5, 0.6) is 5.75 Å². The number of aryl methyl sites for hydroxylation is 1. The van der Waals surface area contributed by atoms with Crippen molar-refractivity contribution >= 4 is 23.6 Å². The van der Waals surface area contributed by atoms with E-state index in [1.807, 2.05) is 55.5 Å². The molecule has 2 amide bonds. The summed E-state index contributed by atoms with van der Waals surface area (Å²) >= 11 is 0. The minimum absolute atomic E-state index is 0.0183. The van der Waals surface area contributed by atoms with Crippen molar-refractivity contribution in [2.75, 3.05) is 25.5 Å². The number of nitrogens with one attached hydrogen (secondary N) is 1. The van der Waals surface area contributed by atoms with E-state index in [2.05, 4.69) is 11.9 Å². The molecule has 0 aliphatic rings. The number of hydrogen-bond donors (Lipinski definition) is 1. The smallest absolute Gasteiger partial charge is 0.246 e. The van der Waals surface area contributed by atoms with E-state index in [-0.39, 0.29) is 18.4 Å². The number of rotatable bonds is 9. The van der Waals surface area contributed by atoms with Crippen molar-refractivity contribution in [1.82, 2.24) is 4.90 Å². The van der Waals surface area contributed by atoms with Gasteiger partial charge in [0.25, 0.3) is 0 Å². The zero-order chi connectivity index (χ0) is 20.4. The molecule has 2 aromatic carbocycles. The molecule has 5 heteroatoms. The zero-order valence-electron chi connectivity index (χ0n) is 16.4. The quantitative estimate of drug-likeness (QED) is 0.531. The van der Waals surface area contributed by atoms with E-state index >= 15 is 0 Å². The molecule has 0 fully saturated rings. The highest BCUT2D eigenvalue weighted by Crippen LogP contribution is 2.15. The number of amides is 2. The molecule has 0 aromatic heterocycles. The van der Waals surface area contributed by atoms with Gasteiger partial charge in [-0.25, -0.2) is 0 Å². The zero-order valence-corrected chi connectivity index (χ0v) is 16.4. The standard InChI is InChI=1S/C23H26N2O3/c1-4-16-28-20-13-10-18(11-14-20)12-15-23(27)25(3)17-22(26)24-21-9-7-6-8-19(21)5-2/h4,6-15H,1,5,16-17H2,2-3H3,(H,24,26)/b15-12+. The molecule has 0 atom stereocenters. The van der Waals surface area contributed by atoms with Gasteiger partial charge in [0, 0.05) is 18.8 Å². The number of likely N-dealkylation sites (N-methyl/N-ethyl adjacent to an activating group) is 1. The fraction of sp³-hybridized carbons (Fsp3) is 0.217. The summed E-state index contributed by atoms with van der Waals surface area (Å²) in [5.74, 6) is 0.268. The molecule has 0 aliphatic heterocycles. The average Bonchev–Trinajstić information content (AvgIpc) is 2.71. The van der Waals surface area contributed by atoms with Crippen LogP contribution in [-0.4, -0.2) is 36.9 Å². The molecule has 2 aromatic rings. The predicted molar refractivity (Wildman–Crippen MR) is 113 cm³/mol. The van der Waals surface area contributed by atoms with E-state index in [0.29, 0.717) is 6.61 Å². The van der Waals surface area contributed by atoms with E-state index in [1.54, 1.807) is 19.2 Å². The van der Waals surface area contributed by atoms with Gasteiger partial charge < -0.3 is 15.0 Å². The Labute approximate surface area is 166 Å². The minimum atomic E-state index is -0.245. The van der Waals surface area contributed by atoms with Crippen LogP contribution in [0.2, 0.25) is 0 Å². The normalized spacial score (nSPS) is 10.5. The second kappa shape index (κ2) is 10.7. The lowest BCUT2D eigenvalue weighted by molar-refractivity contribution is -0.129. The summed E-state index contributed by atoms with van der Waals surface area (Å²) in [7, 11) is 1.60. The number of carbonyl (C=O) groups is 2. The average molecular weight is 378 g/mol. The van der Waals surface area contributed by atoms with Crippen molar-refractivity contribution in [3.63, 3.8) is 0 Å². The Hall–Kier alpha value is -3.34. The molecule has 0 aliphatic carbocycles. The molecule has 2 rings (SSSR count). The lowest BCUT2D eigenvalue weighted by atomic mass is 10.1. The topological polar surface area (TPSA) is 58.6 Å². The summed E-state index contributed by atoms with van der Waals surface area (Å²) in [6, 6.07) is 15.0. The van der Waals surface area contributed by atoms with Crippen LogP contribution in [0.15, 0.2) is 67.3 Å². The number of benzene rings is 2. The molecular formula is C23H26N2O3. The van der Waals surface area contributed by atoms with Crippen molar-refractivity contribution < 1.29 is 14.3 Å². The molecule has 5 nitrogen and oxygen atoms in total. The van der Waals surface area contributed by atoms with Gasteiger partial charge in [-0.1, -0.05) is 49.9 Å². The first kappa shape index (κ1) is 21.0. The summed E-state index contributed by atoms with van der Waals surface area (Å²) < 4.78 is 5.42. The van der Waals surface area contributed by atoms with E-state index in [9.17, 15) is 9.59 Å². The van der Waals surface area contributed by atoms with Crippen LogP contribution in [-0.2, 0) is 16.0 Å². The SMILES string of the molecule is C=CCOc1ccc(/C=C/C(=O)N(C)CC(=O)Nc2ccccc2CC)cc1. The van der Waals surface area contributed by atoms with Crippen molar-refractivity contribution in [2.24, 2.45) is 0 Å². The van der Waals surface area contributed by atoms with E-state index in [1.165, 1.54) is 11.0 Å². The first-order valence-electron chi connectivity index (χ1n) is 9.18. The largest absolute Gasteiger partial charge is 0.490 e. The molecule has 0 heterocycles. The van der Waals surface area contributed by atoms with Gasteiger partial charge in [-0.3, -0.25) is 9.59 Å². The van der Waals surface area contributed by atoms with Gasteiger partial charge in [0.15, 0.2) is 0 Å². The monoisotopic (exact) mass is 378 g/mol. The van der Waals surface area contributed by atoms with Crippen LogP contribution in [0.3, 0.4) is 0 Å². The fourth-order valence-electron chi connectivity index (χ4n) is 2.56. The van der Waals surface area contributed by atoms with Crippen molar-refractivity contribution in [3.05, 3.63) is 78.4 Å².